The molecule has 7 heteroatoms. The van der Waals surface area contributed by atoms with Crippen LogP contribution in [0.1, 0.15) is 12.8 Å². The minimum absolute atomic E-state index is 0.0594. The van der Waals surface area contributed by atoms with Gasteiger partial charge in [0.05, 0.1) is 12.1 Å². The number of amidine groups is 1. The van der Waals surface area contributed by atoms with Gasteiger partial charge in [-0.3, -0.25) is 4.99 Å². The van der Waals surface area contributed by atoms with Crippen LogP contribution in [0.5, 0.6) is 0 Å². The van der Waals surface area contributed by atoms with Crippen LogP contribution in [-0.4, -0.2) is 63.9 Å². The number of fused-ring (bicyclic) bond motifs is 1. The first-order chi connectivity index (χ1) is 8.17. The summed E-state index contributed by atoms with van der Waals surface area (Å²) in [7, 11) is 1.67. The number of hydrogen-bond acceptors (Lipinski definition) is 6. The fraction of sp³-hybridized carbons (Fsp3) is 0.900. The Morgan fingerprint density at radius 3 is 2.82 bits per heavy atom. The first-order valence-corrected chi connectivity index (χ1v) is 6.57. The summed E-state index contributed by atoms with van der Waals surface area (Å²) in [5.74, 6) is 0. The van der Waals surface area contributed by atoms with E-state index in [1.165, 1.54) is 11.8 Å². The Kier molecular flexibility index (Phi) is 4.26. The van der Waals surface area contributed by atoms with Crippen LogP contribution in [-0.2, 0) is 4.74 Å². The largest absolute Gasteiger partial charge is 0.396 e. The van der Waals surface area contributed by atoms with Gasteiger partial charge in [-0.15, -0.1) is 0 Å². The topological polar surface area (TPSA) is 94.3 Å². The molecule has 0 aromatic carbocycles. The third-order valence-electron chi connectivity index (χ3n) is 3.07. The molecule has 2 saturated heterocycles. The maximum absolute atomic E-state index is 10.0. The number of hydrogen-bond donors (Lipinski definition) is 4. The Morgan fingerprint density at radius 2 is 2.18 bits per heavy atom. The van der Waals surface area contributed by atoms with E-state index in [9.17, 15) is 10.2 Å². The van der Waals surface area contributed by atoms with E-state index in [0.717, 1.165) is 0 Å². The number of aliphatic hydroxyl groups is 3. The molecule has 2 rings (SSSR count). The number of nitrogens with one attached hydrogen (secondary N) is 1. The summed E-state index contributed by atoms with van der Waals surface area (Å²) in [5.41, 5.74) is -0.226. The zero-order valence-corrected chi connectivity index (χ0v) is 10.4. The molecule has 2 heterocycles. The summed E-state index contributed by atoms with van der Waals surface area (Å²) in [4.78, 5) is 4.01. The van der Waals surface area contributed by atoms with Crippen molar-refractivity contribution in [1.82, 2.24) is 5.32 Å². The molecule has 5 unspecified atom stereocenters. The summed E-state index contributed by atoms with van der Waals surface area (Å²) >= 11 is 1.42. The van der Waals surface area contributed by atoms with Crippen molar-refractivity contribution in [2.75, 3.05) is 13.7 Å². The monoisotopic (exact) mass is 262 g/mol. The van der Waals surface area contributed by atoms with E-state index in [4.69, 9.17) is 9.84 Å². The van der Waals surface area contributed by atoms with Gasteiger partial charge in [-0.1, -0.05) is 11.8 Å². The Morgan fingerprint density at radius 1 is 1.41 bits per heavy atom. The maximum atomic E-state index is 10.0. The van der Waals surface area contributed by atoms with E-state index in [2.05, 4.69) is 10.3 Å². The number of thioether (sulfide) groups is 1. The summed E-state index contributed by atoms with van der Waals surface area (Å²) in [6, 6.07) is -0.320. The Balaban J connectivity index is 2.03. The third kappa shape index (κ3) is 2.58. The molecule has 2 aliphatic rings. The molecule has 0 radical (unpaired) electrons. The summed E-state index contributed by atoms with van der Waals surface area (Å²) < 4.78 is 5.73. The standard InChI is InChI=1S/C10H18N2O4S/c1-11-10-12-6-8(15)7(14)5(3-2-4-13)16-9(6)17-10/h5-9,13-15H,2-4H2,1H3,(H,11,12). The second-order valence-electron chi connectivity index (χ2n) is 4.21. The molecule has 4 N–H and O–H groups in total. The van der Waals surface area contributed by atoms with Gasteiger partial charge in [0.2, 0.25) is 0 Å². The molecule has 98 valence electrons. The highest BCUT2D eigenvalue weighted by Gasteiger charge is 2.48. The first-order valence-electron chi connectivity index (χ1n) is 5.69. The van der Waals surface area contributed by atoms with Gasteiger partial charge in [0, 0.05) is 13.7 Å². The zero-order chi connectivity index (χ0) is 12.4. The van der Waals surface area contributed by atoms with E-state index in [0.29, 0.717) is 18.0 Å². The summed E-state index contributed by atoms with van der Waals surface area (Å²) in [5, 5.41) is 32.5. The molecule has 0 bridgehead atoms. The fourth-order valence-corrected chi connectivity index (χ4v) is 3.22. The number of nitrogens with zero attached hydrogens (tertiary/aromatic N) is 1. The van der Waals surface area contributed by atoms with Crippen molar-refractivity contribution >= 4 is 16.9 Å². The van der Waals surface area contributed by atoms with Gasteiger partial charge in [0.15, 0.2) is 5.17 Å². The third-order valence-corrected chi connectivity index (χ3v) is 4.23. The number of aliphatic hydroxyl groups excluding tert-OH is 3. The van der Waals surface area contributed by atoms with E-state index < -0.39 is 18.3 Å². The van der Waals surface area contributed by atoms with Crippen molar-refractivity contribution in [2.45, 2.75) is 42.6 Å². The van der Waals surface area contributed by atoms with Gasteiger partial charge in [0.25, 0.3) is 0 Å². The molecule has 2 fully saturated rings. The molecule has 0 spiro atoms. The molecule has 6 nitrogen and oxygen atoms in total. The van der Waals surface area contributed by atoms with Crippen molar-refractivity contribution in [1.29, 1.82) is 0 Å². The van der Waals surface area contributed by atoms with Crippen LogP contribution in [0.15, 0.2) is 4.99 Å². The van der Waals surface area contributed by atoms with E-state index >= 15 is 0 Å². The van der Waals surface area contributed by atoms with Crippen molar-refractivity contribution in [3.63, 3.8) is 0 Å². The van der Waals surface area contributed by atoms with Crippen molar-refractivity contribution in [3.05, 3.63) is 0 Å². The van der Waals surface area contributed by atoms with Crippen LogP contribution in [0.3, 0.4) is 0 Å². The number of aliphatic imine (C=N–C) groups is 1. The van der Waals surface area contributed by atoms with Crippen LogP contribution in [0.4, 0.5) is 0 Å². The highest BCUT2D eigenvalue weighted by molar-refractivity contribution is 8.14. The molecule has 0 aliphatic carbocycles. The van der Waals surface area contributed by atoms with Crippen molar-refractivity contribution in [2.24, 2.45) is 4.99 Å². The Labute approximate surface area is 104 Å². The molecule has 5 atom stereocenters. The van der Waals surface area contributed by atoms with E-state index in [1.54, 1.807) is 7.05 Å². The van der Waals surface area contributed by atoms with Gasteiger partial charge in [-0.2, -0.15) is 0 Å². The van der Waals surface area contributed by atoms with E-state index in [1.807, 2.05) is 0 Å². The van der Waals surface area contributed by atoms with Crippen LogP contribution < -0.4 is 5.32 Å². The Bertz CT molecular complexity index is 302. The molecule has 0 aromatic rings. The first kappa shape index (κ1) is 13.1. The molecule has 0 aromatic heterocycles. The Hall–Kier alpha value is -0.340. The van der Waals surface area contributed by atoms with Gasteiger partial charge in [-0.25, -0.2) is 0 Å². The second-order valence-corrected chi connectivity index (χ2v) is 5.29. The average molecular weight is 262 g/mol. The lowest BCUT2D eigenvalue weighted by molar-refractivity contribution is -0.158. The molecule has 0 amide bonds. The highest BCUT2D eigenvalue weighted by atomic mass is 32.2. The molecular formula is C10H18N2O4S. The lowest BCUT2D eigenvalue weighted by Crippen LogP contribution is -2.58. The molecule has 17 heavy (non-hydrogen) atoms. The predicted octanol–water partition coefficient (Wildman–Crippen LogP) is -1.10. The van der Waals surface area contributed by atoms with E-state index in [-0.39, 0.29) is 18.1 Å². The average Bonchev–Trinajstić information content (AvgIpc) is 2.75. The van der Waals surface area contributed by atoms with Gasteiger partial charge >= 0.3 is 0 Å². The van der Waals surface area contributed by atoms with Gasteiger partial charge in [0.1, 0.15) is 17.6 Å². The fourth-order valence-electron chi connectivity index (χ4n) is 2.12. The van der Waals surface area contributed by atoms with Crippen LogP contribution in [0, 0.1) is 0 Å². The second kappa shape index (κ2) is 5.53. The molecular weight excluding hydrogens is 244 g/mol. The predicted molar refractivity (Wildman–Crippen MR) is 64.9 cm³/mol. The number of rotatable bonds is 3. The van der Waals surface area contributed by atoms with Crippen LogP contribution in [0.2, 0.25) is 0 Å². The van der Waals surface area contributed by atoms with Crippen molar-refractivity contribution < 1.29 is 20.1 Å². The minimum atomic E-state index is -0.924. The van der Waals surface area contributed by atoms with Gasteiger partial charge < -0.3 is 25.4 Å². The van der Waals surface area contributed by atoms with Crippen LogP contribution in [0.25, 0.3) is 0 Å². The molecule has 2 aliphatic heterocycles. The summed E-state index contributed by atoms with van der Waals surface area (Å²) in [6.45, 7) is 0.0594. The lowest BCUT2D eigenvalue weighted by Gasteiger charge is -2.38. The minimum Gasteiger partial charge on any atom is -0.396 e. The van der Waals surface area contributed by atoms with Crippen LogP contribution >= 0.6 is 11.8 Å². The van der Waals surface area contributed by atoms with Gasteiger partial charge in [-0.05, 0) is 12.8 Å². The quantitative estimate of drug-likeness (QED) is 0.516. The number of ether oxygens (including phenoxy) is 1. The van der Waals surface area contributed by atoms with Crippen molar-refractivity contribution in [3.8, 4) is 0 Å². The lowest BCUT2D eigenvalue weighted by atomic mass is 9.95. The smallest absolute Gasteiger partial charge is 0.159 e. The normalized spacial score (nSPS) is 43.5. The summed E-state index contributed by atoms with van der Waals surface area (Å²) in [6.07, 6.45) is -1.13. The highest BCUT2D eigenvalue weighted by Crippen LogP contribution is 2.34. The molecule has 0 saturated carbocycles. The maximum Gasteiger partial charge on any atom is 0.159 e. The zero-order valence-electron chi connectivity index (χ0n) is 9.61. The SMILES string of the molecule is CN=C1NC2C(OC(CCCO)C(O)C2O)S1.